The van der Waals surface area contributed by atoms with Crippen LogP contribution in [0.15, 0.2) is 0 Å². The molecule has 2 N–H and O–H groups in total. The molecule has 2 aliphatic heterocycles. The molecule has 0 bridgehead atoms. The molecule has 4 heteroatoms. The van der Waals surface area contributed by atoms with Gasteiger partial charge >= 0.3 is 0 Å². The minimum absolute atomic E-state index is 0.140. The number of nitrogens with one attached hydrogen (secondary N) is 2. The molecule has 0 spiro atoms. The van der Waals surface area contributed by atoms with Crippen molar-refractivity contribution in [2.75, 3.05) is 19.7 Å². The Kier molecular flexibility index (Phi) is 5.01. The molecule has 104 valence electrons. The first-order valence-corrected chi connectivity index (χ1v) is 7.35. The zero-order chi connectivity index (χ0) is 13.0. The number of amides is 1. The zero-order valence-electron chi connectivity index (χ0n) is 11.6. The maximum atomic E-state index is 12.2. The highest BCUT2D eigenvalue weighted by atomic mass is 16.5. The monoisotopic (exact) mass is 254 g/mol. The van der Waals surface area contributed by atoms with Gasteiger partial charge in [0.25, 0.3) is 0 Å². The summed E-state index contributed by atoms with van der Waals surface area (Å²) >= 11 is 0. The molecule has 4 nitrogen and oxygen atoms in total. The number of hydrogen-bond acceptors (Lipinski definition) is 3. The van der Waals surface area contributed by atoms with E-state index in [1.165, 1.54) is 0 Å². The Morgan fingerprint density at radius 1 is 1.44 bits per heavy atom. The van der Waals surface area contributed by atoms with Crippen LogP contribution in [0.25, 0.3) is 0 Å². The van der Waals surface area contributed by atoms with E-state index < -0.39 is 0 Å². The summed E-state index contributed by atoms with van der Waals surface area (Å²) in [6.45, 7) is 6.93. The summed E-state index contributed by atoms with van der Waals surface area (Å²) in [5.74, 6) is 0.864. The molecule has 2 fully saturated rings. The lowest BCUT2D eigenvalue weighted by Gasteiger charge is -2.29. The molecule has 0 aromatic rings. The second-order valence-electron chi connectivity index (χ2n) is 5.60. The van der Waals surface area contributed by atoms with Crippen LogP contribution in [0.1, 0.15) is 39.5 Å². The minimum Gasteiger partial charge on any atom is -0.378 e. The maximum absolute atomic E-state index is 12.2. The average Bonchev–Trinajstić information content (AvgIpc) is 2.84. The number of rotatable bonds is 4. The van der Waals surface area contributed by atoms with Gasteiger partial charge in [-0.3, -0.25) is 4.79 Å². The van der Waals surface area contributed by atoms with Crippen LogP contribution >= 0.6 is 0 Å². The van der Waals surface area contributed by atoms with E-state index in [9.17, 15) is 4.79 Å². The fourth-order valence-electron chi connectivity index (χ4n) is 3.14. The van der Waals surface area contributed by atoms with E-state index in [0.29, 0.717) is 18.1 Å². The molecule has 1 amide bonds. The standard InChI is InChI=1S/C14H26N2O2/c1-3-13-11(6-8-18-13)9-16-14(17)12-5-4-7-15-10(12)2/h10-13,15H,3-9H2,1-2H3,(H,16,17). The van der Waals surface area contributed by atoms with E-state index in [1.807, 2.05) is 0 Å². The van der Waals surface area contributed by atoms with Gasteiger partial charge in [0.05, 0.1) is 12.0 Å². The van der Waals surface area contributed by atoms with Gasteiger partial charge < -0.3 is 15.4 Å². The molecule has 18 heavy (non-hydrogen) atoms. The third kappa shape index (κ3) is 3.23. The molecule has 2 saturated heterocycles. The molecule has 2 aliphatic rings. The Balaban J connectivity index is 1.77. The van der Waals surface area contributed by atoms with Crippen LogP contribution in [-0.4, -0.2) is 37.7 Å². The minimum atomic E-state index is 0.140. The average molecular weight is 254 g/mol. The van der Waals surface area contributed by atoms with Gasteiger partial charge in [-0.05, 0) is 39.2 Å². The molecule has 0 aliphatic carbocycles. The van der Waals surface area contributed by atoms with Crippen LogP contribution in [0.4, 0.5) is 0 Å². The predicted octanol–water partition coefficient (Wildman–Crippen LogP) is 1.31. The van der Waals surface area contributed by atoms with E-state index in [1.54, 1.807) is 0 Å². The molecule has 2 rings (SSSR count). The number of carbonyl (C=O) groups is 1. The predicted molar refractivity (Wildman–Crippen MR) is 71.3 cm³/mol. The van der Waals surface area contributed by atoms with Crippen molar-refractivity contribution in [1.82, 2.24) is 10.6 Å². The topological polar surface area (TPSA) is 50.4 Å². The van der Waals surface area contributed by atoms with Gasteiger partial charge in [-0.15, -0.1) is 0 Å². The summed E-state index contributed by atoms with van der Waals surface area (Å²) in [5.41, 5.74) is 0. The highest BCUT2D eigenvalue weighted by Crippen LogP contribution is 2.23. The van der Waals surface area contributed by atoms with E-state index in [0.717, 1.165) is 45.4 Å². The Hall–Kier alpha value is -0.610. The van der Waals surface area contributed by atoms with Crippen molar-refractivity contribution >= 4 is 5.91 Å². The number of carbonyl (C=O) groups excluding carboxylic acids is 1. The van der Waals surface area contributed by atoms with Crippen LogP contribution in [0, 0.1) is 11.8 Å². The fraction of sp³-hybridized carbons (Fsp3) is 0.929. The largest absolute Gasteiger partial charge is 0.378 e. The van der Waals surface area contributed by atoms with Crippen LogP contribution in [0.2, 0.25) is 0 Å². The normalized spacial score (nSPS) is 36.6. The summed E-state index contributed by atoms with van der Waals surface area (Å²) in [6, 6.07) is 0.306. The van der Waals surface area contributed by atoms with Crippen LogP contribution in [0.5, 0.6) is 0 Å². The van der Waals surface area contributed by atoms with Gasteiger partial charge in [0, 0.05) is 25.1 Å². The van der Waals surface area contributed by atoms with E-state index in [-0.39, 0.29) is 11.8 Å². The van der Waals surface area contributed by atoms with Crippen molar-refractivity contribution in [1.29, 1.82) is 0 Å². The second-order valence-corrected chi connectivity index (χ2v) is 5.60. The highest BCUT2D eigenvalue weighted by Gasteiger charge is 2.30. The lowest BCUT2D eigenvalue weighted by Crippen LogP contribution is -2.47. The van der Waals surface area contributed by atoms with Crippen LogP contribution in [-0.2, 0) is 9.53 Å². The third-order valence-electron chi connectivity index (χ3n) is 4.39. The maximum Gasteiger partial charge on any atom is 0.224 e. The second kappa shape index (κ2) is 6.53. The van der Waals surface area contributed by atoms with Crippen molar-refractivity contribution in [3.05, 3.63) is 0 Å². The number of piperidine rings is 1. The molecule has 0 aromatic carbocycles. The van der Waals surface area contributed by atoms with Gasteiger partial charge in [0.15, 0.2) is 0 Å². The van der Waals surface area contributed by atoms with Crippen molar-refractivity contribution in [3.63, 3.8) is 0 Å². The molecular formula is C14H26N2O2. The van der Waals surface area contributed by atoms with Gasteiger partial charge in [0.2, 0.25) is 5.91 Å². The molecule has 2 heterocycles. The van der Waals surface area contributed by atoms with Crippen molar-refractivity contribution < 1.29 is 9.53 Å². The quantitative estimate of drug-likeness (QED) is 0.795. The summed E-state index contributed by atoms with van der Waals surface area (Å²) in [7, 11) is 0. The highest BCUT2D eigenvalue weighted by molar-refractivity contribution is 5.79. The Morgan fingerprint density at radius 3 is 3.00 bits per heavy atom. The fourth-order valence-corrected chi connectivity index (χ4v) is 3.14. The lowest BCUT2D eigenvalue weighted by atomic mass is 9.91. The Morgan fingerprint density at radius 2 is 2.28 bits per heavy atom. The molecule has 0 aromatic heterocycles. The summed E-state index contributed by atoms with van der Waals surface area (Å²) in [4.78, 5) is 12.2. The van der Waals surface area contributed by atoms with Crippen LogP contribution < -0.4 is 10.6 Å². The Bertz CT molecular complexity index is 283. The van der Waals surface area contributed by atoms with Gasteiger partial charge in [-0.25, -0.2) is 0 Å². The first kappa shape index (κ1) is 13.8. The molecule has 4 atom stereocenters. The summed E-state index contributed by atoms with van der Waals surface area (Å²) < 4.78 is 5.65. The zero-order valence-corrected chi connectivity index (χ0v) is 11.6. The smallest absolute Gasteiger partial charge is 0.224 e. The molecule has 0 radical (unpaired) electrons. The van der Waals surface area contributed by atoms with Crippen LogP contribution in [0.3, 0.4) is 0 Å². The third-order valence-corrected chi connectivity index (χ3v) is 4.39. The van der Waals surface area contributed by atoms with E-state index in [2.05, 4.69) is 24.5 Å². The van der Waals surface area contributed by atoms with E-state index >= 15 is 0 Å². The van der Waals surface area contributed by atoms with Gasteiger partial charge in [0.1, 0.15) is 0 Å². The SMILES string of the molecule is CCC1OCCC1CNC(=O)C1CCCNC1C. The summed E-state index contributed by atoms with van der Waals surface area (Å²) in [5, 5.41) is 6.51. The van der Waals surface area contributed by atoms with Crippen molar-refractivity contribution in [2.45, 2.75) is 51.7 Å². The molecular weight excluding hydrogens is 228 g/mol. The Labute approximate surface area is 110 Å². The van der Waals surface area contributed by atoms with Gasteiger partial charge in [-0.1, -0.05) is 6.92 Å². The first-order valence-electron chi connectivity index (χ1n) is 7.35. The summed E-state index contributed by atoms with van der Waals surface area (Å²) in [6.07, 6.45) is 4.58. The molecule has 4 unspecified atom stereocenters. The number of hydrogen-bond donors (Lipinski definition) is 2. The lowest BCUT2D eigenvalue weighted by molar-refractivity contribution is -0.126. The van der Waals surface area contributed by atoms with Crippen molar-refractivity contribution in [2.24, 2.45) is 11.8 Å². The molecule has 0 saturated carbocycles. The van der Waals surface area contributed by atoms with Gasteiger partial charge in [-0.2, -0.15) is 0 Å². The van der Waals surface area contributed by atoms with Crippen molar-refractivity contribution in [3.8, 4) is 0 Å². The number of ether oxygens (including phenoxy) is 1. The van der Waals surface area contributed by atoms with E-state index in [4.69, 9.17) is 4.74 Å². The first-order chi connectivity index (χ1) is 8.72.